The molecule has 0 saturated carbocycles. The lowest BCUT2D eigenvalue weighted by Gasteiger charge is -2.26. The van der Waals surface area contributed by atoms with Gasteiger partial charge in [0.15, 0.2) is 11.5 Å². The molecule has 0 spiro atoms. The van der Waals surface area contributed by atoms with E-state index in [2.05, 4.69) is 10.3 Å². The lowest BCUT2D eigenvalue weighted by Crippen LogP contribution is -2.34. The zero-order chi connectivity index (χ0) is 15.4. The van der Waals surface area contributed by atoms with Crippen molar-refractivity contribution >= 4 is 5.91 Å². The van der Waals surface area contributed by atoms with Crippen molar-refractivity contribution < 1.29 is 14.3 Å². The fraction of sp³-hybridized carbons (Fsp3) is 0.294. The van der Waals surface area contributed by atoms with Crippen LogP contribution >= 0.6 is 0 Å². The molecule has 0 aliphatic carbocycles. The second-order valence-corrected chi connectivity index (χ2v) is 5.28. The molecule has 0 fully saturated rings. The van der Waals surface area contributed by atoms with Crippen molar-refractivity contribution in [2.24, 2.45) is 5.92 Å². The first kappa shape index (κ1) is 14.4. The van der Waals surface area contributed by atoms with Crippen molar-refractivity contribution in [3.05, 3.63) is 53.9 Å². The lowest BCUT2D eigenvalue weighted by molar-refractivity contribution is 0.0938. The van der Waals surface area contributed by atoms with E-state index in [0.717, 1.165) is 23.5 Å². The highest BCUT2D eigenvalue weighted by molar-refractivity contribution is 5.93. The summed E-state index contributed by atoms with van der Waals surface area (Å²) in [5, 5.41) is 2.95. The van der Waals surface area contributed by atoms with Gasteiger partial charge in [0.05, 0.1) is 13.7 Å². The summed E-state index contributed by atoms with van der Waals surface area (Å²) in [5.41, 5.74) is 1.74. The third-order valence-electron chi connectivity index (χ3n) is 3.75. The monoisotopic (exact) mass is 298 g/mol. The minimum absolute atomic E-state index is 0.0844. The largest absolute Gasteiger partial charge is 0.493 e. The van der Waals surface area contributed by atoms with E-state index in [1.165, 1.54) is 0 Å². The molecule has 5 nitrogen and oxygen atoms in total. The molecule has 0 bridgehead atoms. The molecule has 22 heavy (non-hydrogen) atoms. The fourth-order valence-corrected chi connectivity index (χ4v) is 2.59. The Labute approximate surface area is 129 Å². The third kappa shape index (κ3) is 3.03. The van der Waals surface area contributed by atoms with Crippen LogP contribution in [0.1, 0.15) is 15.9 Å². The number of aromatic nitrogens is 1. The van der Waals surface area contributed by atoms with Gasteiger partial charge in [-0.25, -0.2) is 0 Å². The third-order valence-corrected chi connectivity index (χ3v) is 3.75. The van der Waals surface area contributed by atoms with E-state index in [0.29, 0.717) is 18.7 Å². The minimum atomic E-state index is -0.0844. The van der Waals surface area contributed by atoms with Gasteiger partial charge in [0.25, 0.3) is 5.91 Å². The summed E-state index contributed by atoms with van der Waals surface area (Å²) in [5.74, 6) is 1.75. The van der Waals surface area contributed by atoms with Crippen molar-refractivity contribution in [3.8, 4) is 11.5 Å². The van der Waals surface area contributed by atoms with Gasteiger partial charge in [0, 0.05) is 30.4 Å². The highest BCUT2D eigenvalue weighted by Crippen LogP contribution is 2.35. The van der Waals surface area contributed by atoms with Crippen LogP contribution < -0.4 is 14.8 Å². The number of hydrogen-bond acceptors (Lipinski definition) is 4. The predicted molar refractivity (Wildman–Crippen MR) is 82.3 cm³/mol. The first-order valence-electron chi connectivity index (χ1n) is 7.25. The Kier molecular flexibility index (Phi) is 4.23. The number of nitrogens with zero attached hydrogens (tertiary/aromatic N) is 1. The number of amides is 1. The molecule has 1 atom stereocenters. The molecule has 0 radical (unpaired) electrons. The molecule has 2 aromatic rings. The number of carbonyl (C=O) groups excluding carboxylic acids is 1. The summed E-state index contributed by atoms with van der Waals surface area (Å²) in [6, 6.07) is 9.29. The van der Waals surface area contributed by atoms with Crippen molar-refractivity contribution in [2.75, 3.05) is 20.3 Å². The molecule has 5 heteroatoms. The minimum Gasteiger partial charge on any atom is -0.493 e. The van der Waals surface area contributed by atoms with Crippen molar-refractivity contribution in [3.63, 3.8) is 0 Å². The molecule has 1 aromatic heterocycles. The molecule has 1 amide bonds. The number of pyridine rings is 1. The standard InChI is InChI=1S/C17H18N2O3/c1-21-15-4-2-3-14-9-12(11-22-16(14)15)10-19-17(20)13-5-7-18-8-6-13/h2-8,12H,9-11H2,1H3,(H,19,20)/t12-/m1/s1. The average molecular weight is 298 g/mol. The van der Waals surface area contributed by atoms with Gasteiger partial charge in [-0.2, -0.15) is 0 Å². The van der Waals surface area contributed by atoms with Crippen LogP contribution in [-0.2, 0) is 6.42 Å². The Morgan fingerprint density at radius 1 is 1.36 bits per heavy atom. The molecular weight excluding hydrogens is 280 g/mol. The molecule has 2 heterocycles. The maximum atomic E-state index is 12.0. The van der Waals surface area contributed by atoms with Gasteiger partial charge >= 0.3 is 0 Å². The van der Waals surface area contributed by atoms with E-state index in [-0.39, 0.29) is 11.8 Å². The highest BCUT2D eigenvalue weighted by Gasteiger charge is 2.23. The van der Waals surface area contributed by atoms with Crippen LogP contribution in [0.4, 0.5) is 0 Å². The van der Waals surface area contributed by atoms with E-state index in [1.54, 1.807) is 31.6 Å². The van der Waals surface area contributed by atoms with E-state index in [4.69, 9.17) is 9.47 Å². The van der Waals surface area contributed by atoms with Crippen molar-refractivity contribution in [1.82, 2.24) is 10.3 Å². The summed E-state index contributed by atoms with van der Waals surface area (Å²) in [7, 11) is 1.64. The van der Waals surface area contributed by atoms with Crippen LogP contribution in [0.2, 0.25) is 0 Å². The highest BCUT2D eigenvalue weighted by atomic mass is 16.5. The molecular formula is C17H18N2O3. The Balaban J connectivity index is 1.60. The van der Waals surface area contributed by atoms with E-state index >= 15 is 0 Å². The molecule has 1 N–H and O–H groups in total. The van der Waals surface area contributed by atoms with Crippen LogP contribution in [0.3, 0.4) is 0 Å². The summed E-state index contributed by atoms with van der Waals surface area (Å²) < 4.78 is 11.1. The van der Waals surface area contributed by atoms with Crippen LogP contribution in [-0.4, -0.2) is 31.2 Å². The van der Waals surface area contributed by atoms with Crippen molar-refractivity contribution in [1.29, 1.82) is 0 Å². The summed E-state index contributed by atoms with van der Waals surface area (Å²) in [4.78, 5) is 15.9. The number of hydrogen-bond donors (Lipinski definition) is 1. The Morgan fingerprint density at radius 3 is 2.95 bits per heavy atom. The van der Waals surface area contributed by atoms with Gasteiger partial charge in [-0.05, 0) is 30.2 Å². The average Bonchev–Trinajstić information content (AvgIpc) is 2.59. The maximum Gasteiger partial charge on any atom is 0.251 e. The van der Waals surface area contributed by atoms with Crippen LogP contribution in [0, 0.1) is 5.92 Å². The van der Waals surface area contributed by atoms with Gasteiger partial charge in [0.2, 0.25) is 0 Å². The number of rotatable bonds is 4. The topological polar surface area (TPSA) is 60.5 Å². The number of ether oxygens (including phenoxy) is 2. The second-order valence-electron chi connectivity index (χ2n) is 5.28. The Hall–Kier alpha value is -2.56. The van der Waals surface area contributed by atoms with Crippen molar-refractivity contribution in [2.45, 2.75) is 6.42 Å². The summed E-state index contributed by atoms with van der Waals surface area (Å²) in [6.45, 7) is 1.15. The smallest absolute Gasteiger partial charge is 0.251 e. The summed E-state index contributed by atoms with van der Waals surface area (Å²) in [6.07, 6.45) is 4.09. The van der Waals surface area contributed by atoms with E-state index in [9.17, 15) is 4.79 Å². The Morgan fingerprint density at radius 2 is 2.18 bits per heavy atom. The van der Waals surface area contributed by atoms with Crippen LogP contribution in [0.25, 0.3) is 0 Å². The maximum absolute atomic E-state index is 12.0. The first-order valence-corrected chi connectivity index (χ1v) is 7.25. The first-order chi connectivity index (χ1) is 10.8. The van der Waals surface area contributed by atoms with Gasteiger partial charge in [-0.3, -0.25) is 9.78 Å². The number of fused-ring (bicyclic) bond motifs is 1. The Bertz CT molecular complexity index is 658. The number of nitrogens with one attached hydrogen (secondary N) is 1. The number of methoxy groups -OCH3 is 1. The quantitative estimate of drug-likeness (QED) is 0.938. The van der Waals surface area contributed by atoms with E-state index < -0.39 is 0 Å². The zero-order valence-corrected chi connectivity index (χ0v) is 12.4. The fourth-order valence-electron chi connectivity index (χ4n) is 2.59. The molecule has 114 valence electrons. The van der Waals surface area contributed by atoms with Gasteiger partial charge in [-0.1, -0.05) is 12.1 Å². The van der Waals surface area contributed by atoms with Gasteiger partial charge in [-0.15, -0.1) is 0 Å². The molecule has 1 aliphatic heterocycles. The lowest BCUT2D eigenvalue weighted by atomic mass is 9.96. The molecule has 1 aromatic carbocycles. The van der Waals surface area contributed by atoms with Gasteiger partial charge < -0.3 is 14.8 Å². The number of para-hydroxylation sites is 1. The molecule has 1 aliphatic rings. The SMILES string of the molecule is COc1cccc2c1OC[C@@H](CNC(=O)c1ccncc1)C2. The predicted octanol–water partition coefficient (Wildman–Crippen LogP) is 2.07. The second kappa shape index (κ2) is 6.47. The normalized spacial score (nSPS) is 16.3. The van der Waals surface area contributed by atoms with Crippen LogP contribution in [0.5, 0.6) is 11.5 Å². The summed E-state index contributed by atoms with van der Waals surface area (Å²) >= 11 is 0. The van der Waals surface area contributed by atoms with E-state index in [1.807, 2.05) is 18.2 Å². The number of benzene rings is 1. The molecule has 0 unspecified atom stereocenters. The van der Waals surface area contributed by atoms with Crippen LogP contribution in [0.15, 0.2) is 42.7 Å². The number of carbonyl (C=O) groups is 1. The van der Waals surface area contributed by atoms with Gasteiger partial charge in [0.1, 0.15) is 0 Å². The zero-order valence-electron chi connectivity index (χ0n) is 12.4. The molecule has 3 rings (SSSR count). The molecule has 0 saturated heterocycles.